The van der Waals surface area contributed by atoms with E-state index in [1.165, 1.54) is 24.1 Å². The first kappa shape index (κ1) is 22.7. The summed E-state index contributed by atoms with van der Waals surface area (Å²) in [6.45, 7) is 6.07. The molecule has 172 valence electrons. The molecule has 2 aliphatic rings. The van der Waals surface area contributed by atoms with Crippen LogP contribution in [0.25, 0.3) is 0 Å². The van der Waals surface area contributed by atoms with Gasteiger partial charge in [0.05, 0.1) is 7.11 Å². The van der Waals surface area contributed by atoms with Crippen LogP contribution < -0.4 is 15.0 Å². The molecular formula is C27H37N3O2. The summed E-state index contributed by atoms with van der Waals surface area (Å²) in [6.07, 6.45) is 5.44. The van der Waals surface area contributed by atoms with E-state index >= 15 is 0 Å². The molecular weight excluding hydrogens is 398 g/mol. The predicted molar refractivity (Wildman–Crippen MR) is 130 cm³/mol. The van der Waals surface area contributed by atoms with Gasteiger partial charge in [0, 0.05) is 37.8 Å². The number of methoxy groups -OCH3 is 1. The van der Waals surface area contributed by atoms with Gasteiger partial charge in [-0.2, -0.15) is 0 Å². The summed E-state index contributed by atoms with van der Waals surface area (Å²) in [5, 5.41) is 3.23. The molecule has 2 aromatic rings. The molecule has 0 unspecified atom stereocenters. The highest BCUT2D eigenvalue weighted by atomic mass is 16.5. The Kier molecular flexibility index (Phi) is 8.05. The number of ether oxygens (including phenoxy) is 1. The topological polar surface area (TPSA) is 44.8 Å². The summed E-state index contributed by atoms with van der Waals surface area (Å²) in [5.74, 6) is 2.02. The predicted octanol–water partition coefficient (Wildman–Crippen LogP) is 4.33. The Labute approximate surface area is 192 Å². The summed E-state index contributed by atoms with van der Waals surface area (Å²) < 4.78 is 5.24. The molecule has 0 spiro atoms. The molecule has 1 N–H and O–H groups in total. The summed E-state index contributed by atoms with van der Waals surface area (Å²) in [5.41, 5.74) is 2.61. The van der Waals surface area contributed by atoms with Crippen LogP contribution in [0.15, 0.2) is 54.6 Å². The molecule has 0 aromatic heterocycles. The number of benzene rings is 2. The van der Waals surface area contributed by atoms with Crippen molar-refractivity contribution < 1.29 is 9.53 Å². The van der Waals surface area contributed by atoms with Crippen LogP contribution in [-0.4, -0.2) is 50.6 Å². The molecule has 0 radical (unpaired) electrons. The monoisotopic (exact) mass is 435 g/mol. The van der Waals surface area contributed by atoms with Gasteiger partial charge in [0.2, 0.25) is 5.91 Å². The first-order valence-corrected chi connectivity index (χ1v) is 12.1. The van der Waals surface area contributed by atoms with Crippen molar-refractivity contribution in [2.75, 3.05) is 44.7 Å². The summed E-state index contributed by atoms with van der Waals surface area (Å²) in [6, 6.07) is 18.9. The first-order valence-electron chi connectivity index (χ1n) is 12.1. The highest BCUT2D eigenvalue weighted by molar-refractivity contribution is 5.79. The molecule has 4 rings (SSSR count). The zero-order chi connectivity index (χ0) is 22.2. The van der Waals surface area contributed by atoms with Crippen molar-refractivity contribution in [3.8, 4) is 5.75 Å². The van der Waals surface area contributed by atoms with Gasteiger partial charge < -0.3 is 15.0 Å². The maximum Gasteiger partial charge on any atom is 0.223 e. The van der Waals surface area contributed by atoms with Gasteiger partial charge >= 0.3 is 0 Å². The minimum atomic E-state index is 0.150. The fourth-order valence-electron chi connectivity index (χ4n) is 5.01. The van der Waals surface area contributed by atoms with Crippen molar-refractivity contribution in [2.45, 2.75) is 38.6 Å². The molecule has 2 heterocycles. The highest BCUT2D eigenvalue weighted by Gasteiger charge is 2.25. The second kappa shape index (κ2) is 11.4. The average Bonchev–Trinajstić information content (AvgIpc) is 2.86. The lowest BCUT2D eigenvalue weighted by molar-refractivity contribution is -0.125. The Bertz CT molecular complexity index is 824. The molecule has 2 aromatic carbocycles. The van der Waals surface area contributed by atoms with Gasteiger partial charge in [0.1, 0.15) is 5.75 Å². The third-order valence-electron chi connectivity index (χ3n) is 7.11. The average molecular weight is 436 g/mol. The van der Waals surface area contributed by atoms with Crippen LogP contribution >= 0.6 is 0 Å². The zero-order valence-corrected chi connectivity index (χ0v) is 19.3. The SMILES string of the molecule is COc1ccc(N2CCC(C(=O)NCCC3CCN(Cc4ccccc4)CC3)CC2)cc1. The fourth-order valence-corrected chi connectivity index (χ4v) is 5.01. The normalized spacial score (nSPS) is 18.5. The van der Waals surface area contributed by atoms with Gasteiger partial charge in [-0.05, 0) is 80.9 Å². The Morgan fingerprint density at radius 3 is 2.28 bits per heavy atom. The molecule has 32 heavy (non-hydrogen) atoms. The van der Waals surface area contributed by atoms with Crippen LogP contribution in [0.5, 0.6) is 5.75 Å². The van der Waals surface area contributed by atoms with Crippen LogP contribution in [0.3, 0.4) is 0 Å². The highest BCUT2D eigenvalue weighted by Crippen LogP contribution is 2.26. The van der Waals surface area contributed by atoms with Gasteiger partial charge in [-0.1, -0.05) is 30.3 Å². The third kappa shape index (κ3) is 6.26. The van der Waals surface area contributed by atoms with Crippen LogP contribution in [0.2, 0.25) is 0 Å². The summed E-state index contributed by atoms with van der Waals surface area (Å²) in [4.78, 5) is 17.6. The van der Waals surface area contributed by atoms with E-state index in [9.17, 15) is 4.79 Å². The number of nitrogens with one attached hydrogen (secondary N) is 1. The van der Waals surface area contributed by atoms with Crippen molar-refractivity contribution in [2.24, 2.45) is 11.8 Å². The largest absolute Gasteiger partial charge is 0.497 e. The van der Waals surface area contributed by atoms with E-state index in [0.29, 0.717) is 0 Å². The number of amides is 1. The quantitative estimate of drug-likeness (QED) is 0.670. The van der Waals surface area contributed by atoms with Crippen LogP contribution in [-0.2, 0) is 11.3 Å². The third-order valence-corrected chi connectivity index (χ3v) is 7.11. The maximum atomic E-state index is 12.7. The van der Waals surface area contributed by atoms with Crippen molar-refractivity contribution in [1.29, 1.82) is 0 Å². The minimum absolute atomic E-state index is 0.150. The van der Waals surface area contributed by atoms with E-state index in [0.717, 1.165) is 70.2 Å². The van der Waals surface area contributed by atoms with E-state index in [1.807, 2.05) is 12.1 Å². The lowest BCUT2D eigenvalue weighted by atomic mass is 9.92. The Morgan fingerprint density at radius 2 is 1.62 bits per heavy atom. The maximum absolute atomic E-state index is 12.7. The molecule has 1 amide bonds. The first-order chi connectivity index (χ1) is 15.7. The molecule has 0 bridgehead atoms. The second-order valence-electron chi connectivity index (χ2n) is 9.24. The van der Waals surface area contributed by atoms with E-state index in [2.05, 4.69) is 57.6 Å². The molecule has 0 aliphatic carbocycles. The lowest BCUT2D eigenvalue weighted by Crippen LogP contribution is -2.41. The van der Waals surface area contributed by atoms with Crippen LogP contribution in [0, 0.1) is 11.8 Å². The minimum Gasteiger partial charge on any atom is -0.497 e. The zero-order valence-electron chi connectivity index (χ0n) is 19.3. The van der Waals surface area contributed by atoms with Crippen molar-refractivity contribution in [3.63, 3.8) is 0 Å². The van der Waals surface area contributed by atoms with E-state index in [4.69, 9.17) is 4.74 Å². The lowest BCUT2D eigenvalue weighted by Gasteiger charge is -2.33. The molecule has 0 saturated carbocycles. The molecule has 2 fully saturated rings. The number of carbonyl (C=O) groups is 1. The second-order valence-corrected chi connectivity index (χ2v) is 9.24. The fraction of sp³-hybridized carbons (Fsp3) is 0.519. The van der Waals surface area contributed by atoms with E-state index in [1.54, 1.807) is 7.11 Å². The van der Waals surface area contributed by atoms with Crippen LogP contribution in [0.4, 0.5) is 5.69 Å². The number of nitrogens with zero attached hydrogens (tertiary/aromatic N) is 2. The van der Waals surface area contributed by atoms with Gasteiger partial charge in [-0.15, -0.1) is 0 Å². The number of piperidine rings is 2. The number of anilines is 1. The van der Waals surface area contributed by atoms with E-state index in [-0.39, 0.29) is 11.8 Å². The van der Waals surface area contributed by atoms with Gasteiger partial charge in [-0.25, -0.2) is 0 Å². The molecule has 2 saturated heterocycles. The number of hydrogen-bond acceptors (Lipinski definition) is 4. The Morgan fingerprint density at radius 1 is 0.938 bits per heavy atom. The van der Waals surface area contributed by atoms with Crippen molar-refractivity contribution in [1.82, 2.24) is 10.2 Å². The van der Waals surface area contributed by atoms with Crippen molar-refractivity contribution in [3.05, 3.63) is 60.2 Å². The number of rotatable bonds is 8. The standard InChI is InChI=1S/C27H37N3O2/c1-32-26-9-7-25(8-10-26)30-19-14-24(15-20-30)27(31)28-16-11-22-12-17-29(18-13-22)21-23-5-3-2-4-6-23/h2-10,22,24H,11-21H2,1H3,(H,28,31). The Balaban J connectivity index is 1.11. The summed E-state index contributed by atoms with van der Waals surface area (Å²) >= 11 is 0. The Hall–Kier alpha value is -2.53. The summed E-state index contributed by atoms with van der Waals surface area (Å²) in [7, 11) is 1.69. The smallest absolute Gasteiger partial charge is 0.223 e. The molecule has 0 atom stereocenters. The van der Waals surface area contributed by atoms with Gasteiger partial charge in [0.15, 0.2) is 0 Å². The number of carbonyl (C=O) groups excluding carboxylic acids is 1. The molecule has 2 aliphatic heterocycles. The number of likely N-dealkylation sites (tertiary alicyclic amines) is 1. The van der Waals surface area contributed by atoms with Crippen LogP contribution in [0.1, 0.15) is 37.7 Å². The number of hydrogen-bond donors (Lipinski definition) is 1. The van der Waals surface area contributed by atoms with E-state index < -0.39 is 0 Å². The van der Waals surface area contributed by atoms with Crippen molar-refractivity contribution >= 4 is 11.6 Å². The molecule has 5 heteroatoms. The van der Waals surface area contributed by atoms with Gasteiger partial charge in [-0.3, -0.25) is 9.69 Å². The van der Waals surface area contributed by atoms with Gasteiger partial charge in [0.25, 0.3) is 0 Å². The molecule has 5 nitrogen and oxygen atoms in total.